The zero-order valence-electron chi connectivity index (χ0n) is 16.9. The molecule has 0 aliphatic rings. The normalized spacial score (nSPS) is 11.3. The Hall–Kier alpha value is -4.04. The average molecular weight is 449 g/mol. The van der Waals surface area contributed by atoms with Gasteiger partial charge in [-0.2, -0.15) is 0 Å². The highest BCUT2D eigenvalue weighted by molar-refractivity contribution is 7.93. The van der Waals surface area contributed by atoms with E-state index in [1.165, 1.54) is 12.1 Å². The van der Waals surface area contributed by atoms with Gasteiger partial charge in [0.1, 0.15) is 22.8 Å². The molecule has 0 amide bonds. The van der Waals surface area contributed by atoms with E-state index in [0.717, 1.165) is 11.6 Å². The summed E-state index contributed by atoms with van der Waals surface area (Å²) in [5, 5.41) is 20.0. The highest BCUT2D eigenvalue weighted by Crippen LogP contribution is 2.35. The average Bonchev–Trinajstić information content (AvgIpc) is 2.76. The summed E-state index contributed by atoms with van der Waals surface area (Å²) >= 11 is 0. The number of sulfonamides is 1. The maximum absolute atomic E-state index is 13.1. The van der Waals surface area contributed by atoms with Crippen molar-refractivity contribution >= 4 is 32.5 Å². The van der Waals surface area contributed by atoms with E-state index in [4.69, 9.17) is 4.74 Å². The van der Waals surface area contributed by atoms with Crippen LogP contribution >= 0.6 is 0 Å². The molecule has 32 heavy (non-hydrogen) atoms. The number of nitrogens with one attached hydrogen (secondary N) is 1. The van der Waals surface area contributed by atoms with Gasteiger partial charge >= 0.3 is 5.97 Å². The molecule has 0 bridgehead atoms. The Morgan fingerprint density at radius 1 is 0.875 bits per heavy atom. The van der Waals surface area contributed by atoms with Gasteiger partial charge in [-0.1, -0.05) is 42.0 Å². The number of hydrogen-bond donors (Lipinski definition) is 3. The predicted octanol–water partition coefficient (Wildman–Crippen LogP) is 5.15. The first-order valence-corrected chi connectivity index (χ1v) is 11.1. The Kier molecular flexibility index (Phi) is 5.46. The van der Waals surface area contributed by atoms with E-state index in [-0.39, 0.29) is 21.4 Å². The van der Waals surface area contributed by atoms with Crippen LogP contribution in [0.2, 0.25) is 0 Å². The van der Waals surface area contributed by atoms with E-state index in [9.17, 15) is 23.4 Å². The van der Waals surface area contributed by atoms with Gasteiger partial charge in [0, 0.05) is 16.5 Å². The lowest BCUT2D eigenvalue weighted by atomic mass is 10.1. The topological polar surface area (TPSA) is 113 Å². The van der Waals surface area contributed by atoms with Crippen molar-refractivity contribution in [1.29, 1.82) is 0 Å². The van der Waals surface area contributed by atoms with Gasteiger partial charge in [-0.15, -0.1) is 0 Å². The van der Waals surface area contributed by atoms with Crippen LogP contribution in [0.15, 0.2) is 83.8 Å². The van der Waals surface area contributed by atoms with Gasteiger partial charge in [-0.25, -0.2) is 13.2 Å². The summed E-state index contributed by atoms with van der Waals surface area (Å²) in [6, 6.07) is 21.0. The first-order chi connectivity index (χ1) is 15.2. The van der Waals surface area contributed by atoms with Crippen molar-refractivity contribution in [2.75, 3.05) is 4.72 Å². The van der Waals surface area contributed by atoms with E-state index < -0.39 is 27.3 Å². The third kappa shape index (κ3) is 4.21. The molecule has 0 aliphatic heterocycles. The minimum Gasteiger partial charge on any atom is -0.506 e. The number of carbonyl (C=O) groups is 1. The number of benzene rings is 4. The quantitative estimate of drug-likeness (QED) is 0.375. The maximum atomic E-state index is 13.1. The fourth-order valence-electron chi connectivity index (χ4n) is 3.26. The van der Waals surface area contributed by atoms with Gasteiger partial charge in [0.15, 0.2) is 0 Å². The minimum atomic E-state index is -4.15. The number of ether oxygens (including phenoxy) is 1. The maximum Gasteiger partial charge on any atom is 0.339 e. The number of fused-ring (bicyclic) bond motifs is 1. The predicted molar refractivity (Wildman–Crippen MR) is 121 cm³/mol. The number of phenols is 1. The number of carboxylic acids is 1. The molecule has 0 heterocycles. The smallest absolute Gasteiger partial charge is 0.339 e. The van der Waals surface area contributed by atoms with E-state index in [2.05, 4.69) is 4.72 Å². The molecule has 0 saturated carbocycles. The Balaban J connectivity index is 1.65. The number of hydrogen-bond acceptors (Lipinski definition) is 5. The van der Waals surface area contributed by atoms with Gasteiger partial charge in [0.25, 0.3) is 10.0 Å². The fourth-order valence-corrected chi connectivity index (χ4v) is 4.55. The summed E-state index contributed by atoms with van der Waals surface area (Å²) < 4.78 is 34.4. The zero-order valence-corrected chi connectivity index (χ0v) is 17.8. The summed E-state index contributed by atoms with van der Waals surface area (Å²) in [5.74, 6) is -0.729. The second-order valence-corrected chi connectivity index (χ2v) is 8.82. The number of rotatable bonds is 6. The lowest BCUT2D eigenvalue weighted by molar-refractivity contribution is 0.0693. The molecule has 0 aromatic heterocycles. The lowest BCUT2D eigenvalue weighted by Gasteiger charge is -2.14. The van der Waals surface area contributed by atoms with Gasteiger partial charge in [-0.05, 0) is 49.4 Å². The van der Waals surface area contributed by atoms with Crippen molar-refractivity contribution in [1.82, 2.24) is 0 Å². The van der Waals surface area contributed by atoms with E-state index in [0.29, 0.717) is 11.5 Å². The molecular weight excluding hydrogens is 430 g/mol. The van der Waals surface area contributed by atoms with Crippen LogP contribution in [0.5, 0.6) is 17.2 Å². The molecule has 0 aliphatic carbocycles. The molecule has 4 aromatic carbocycles. The highest BCUT2D eigenvalue weighted by atomic mass is 32.2. The van der Waals surface area contributed by atoms with E-state index >= 15 is 0 Å². The van der Waals surface area contributed by atoms with Crippen LogP contribution in [0.4, 0.5) is 5.69 Å². The summed E-state index contributed by atoms with van der Waals surface area (Å²) in [7, 11) is -4.15. The molecule has 0 atom stereocenters. The van der Waals surface area contributed by atoms with Crippen molar-refractivity contribution in [3.63, 3.8) is 0 Å². The number of anilines is 1. The van der Waals surface area contributed by atoms with Gasteiger partial charge in [0.2, 0.25) is 0 Å². The van der Waals surface area contributed by atoms with Crippen molar-refractivity contribution in [3.05, 3.63) is 90.0 Å². The summed E-state index contributed by atoms with van der Waals surface area (Å²) in [5.41, 5.74) is 0.885. The van der Waals surface area contributed by atoms with Crippen LogP contribution in [0, 0.1) is 6.92 Å². The van der Waals surface area contributed by atoms with Crippen LogP contribution in [0.1, 0.15) is 15.9 Å². The van der Waals surface area contributed by atoms with E-state index in [1.807, 2.05) is 31.2 Å². The van der Waals surface area contributed by atoms with Crippen molar-refractivity contribution in [2.45, 2.75) is 11.8 Å². The molecule has 0 saturated heterocycles. The second kappa shape index (κ2) is 8.24. The molecule has 0 unspecified atom stereocenters. The summed E-state index contributed by atoms with van der Waals surface area (Å²) in [6.07, 6.45) is 0. The highest BCUT2D eigenvalue weighted by Gasteiger charge is 2.24. The molecule has 0 spiro atoms. The molecule has 0 fully saturated rings. The monoisotopic (exact) mass is 449 g/mol. The van der Waals surface area contributed by atoms with Crippen LogP contribution < -0.4 is 9.46 Å². The van der Waals surface area contributed by atoms with Gasteiger partial charge in [0.05, 0.1) is 4.90 Å². The number of aromatic carboxylic acids is 1. The summed E-state index contributed by atoms with van der Waals surface area (Å²) in [4.78, 5) is 11.3. The Labute approximate surface area is 184 Å². The van der Waals surface area contributed by atoms with Crippen LogP contribution in [0.3, 0.4) is 0 Å². The SMILES string of the molecule is Cc1ccc(Oc2ccc(NS(=O)(=O)c3cc(C(=O)O)c(O)c4ccccc34)cc2)cc1. The molecule has 0 radical (unpaired) electrons. The minimum absolute atomic E-state index is 0.134. The molecule has 8 heteroatoms. The molecule has 162 valence electrons. The van der Waals surface area contributed by atoms with Crippen LogP contribution in [0.25, 0.3) is 10.8 Å². The standard InChI is InChI=1S/C24H19NO6S/c1-15-6-10-17(11-7-15)31-18-12-8-16(9-13-18)25-32(29,30)22-14-21(24(27)28)23(26)20-5-3-2-4-19(20)22/h2-14,25-26H,1H3,(H,27,28). The Morgan fingerprint density at radius 3 is 2.03 bits per heavy atom. The molecule has 7 nitrogen and oxygen atoms in total. The first-order valence-electron chi connectivity index (χ1n) is 9.60. The van der Waals surface area contributed by atoms with Gasteiger partial charge < -0.3 is 14.9 Å². The van der Waals surface area contributed by atoms with Crippen molar-refractivity contribution < 1.29 is 28.2 Å². The third-order valence-electron chi connectivity index (χ3n) is 4.86. The molecule has 4 rings (SSSR count). The van der Waals surface area contributed by atoms with Crippen molar-refractivity contribution in [2.24, 2.45) is 0 Å². The summed E-state index contributed by atoms with van der Waals surface area (Å²) in [6.45, 7) is 1.97. The van der Waals surface area contributed by atoms with E-state index in [1.54, 1.807) is 36.4 Å². The van der Waals surface area contributed by atoms with Crippen molar-refractivity contribution in [3.8, 4) is 17.2 Å². The number of carboxylic acid groups (broad SMARTS) is 1. The third-order valence-corrected chi connectivity index (χ3v) is 6.28. The fraction of sp³-hybridized carbons (Fsp3) is 0.0417. The number of aromatic hydroxyl groups is 1. The van der Waals surface area contributed by atoms with Gasteiger partial charge in [-0.3, -0.25) is 4.72 Å². The molecule has 4 aromatic rings. The Bertz CT molecular complexity index is 1410. The second-order valence-electron chi connectivity index (χ2n) is 7.17. The molecular formula is C24H19NO6S. The largest absolute Gasteiger partial charge is 0.506 e. The molecule has 3 N–H and O–H groups in total. The number of aryl methyl sites for hydroxylation is 1. The Morgan fingerprint density at radius 2 is 1.44 bits per heavy atom. The first kappa shape index (κ1) is 21.2. The zero-order chi connectivity index (χ0) is 22.9. The lowest BCUT2D eigenvalue weighted by Crippen LogP contribution is -2.14. The van der Waals surface area contributed by atoms with Crippen LogP contribution in [-0.4, -0.2) is 24.6 Å². The van der Waals surface area contributed by atoms with Crippen LogP contribution in [-0.2, 0) is 10.0 Å².